The van der Waals surface area contributed by atoms with Crippen molar-refractivity contribution in [2.75, 3.05) is 13.1 Å². The minimum Gasteiger partial charge on any atom is -0.316 e. The molecule has 1 heterocycles. The SMILES string of the molecule is CC(C)CC(=O)C1CCNC1. The van der Waals surface area contributed by atoms with Crippen LogP contribution in [0.5, 0.6) is 0 Å². The fourth-order valence-corrected chi connectivity index (χ4v) is 1.50. The summed E-state index contributed by atoms with van der Waals surface area (Å²) >= 11 is 0. The summed E-state index contributed by atoms with van der Waals surface area (Å²) in [7, 11) is 0. The number of hydrogen-bond donors (Lipinski definition) is 1. The van der Waals surface area contributed by atoms with Gasteiger partial charge in [-0.2, -0.15) is 0 Å². The smallest absolute Gasteiger partial charge is 0.137 e. The van der Waals surface area contributed by atoms with Gasteiger partial charge in [-0.25, -0.2) is 0 Å². The van der Waals surface area contributed by atoms with Crippen LogP contribution in [0.3, 0.4) is 0 Å². The van der Waals surface area contributed by atoms with E-state index in [4.69, 9.17) is 0 Å². The Kier molecular flexibility index (Phi) is 3.06. The normalized spacial score (nSPS) is 24.5. The van der Waals surface area contributed by atoms with Crippen molar-refractivity contribution in [3.63, 3.8) is 0 Å². The molecule has 0 aromatic rings. The predicted octanol–water partition coefficient (Wildman–Crippen LogP) is 1.21. The Bertz CT molecular complexity index is 136. The molecule has 0 radical (unpaired) electrons. The molecule has 1 saturated heterocycles. The van der Waals surface area contributed by atoms with Crippen LogP contribution in [0.2, 0.25) is 0 Å². The Hall–Kier alpha value is -0.370. The average Bonchev–Trinajstić information content (AvgIpc) is 2.35. The molecule has 0 bridgehead atoms. The number of rotatable bonds is 3. The second kappa shape index (κ2) is 3.86. The van der Waals surface area contributed by atoms with Crippen LogP contribution in [0.4, 0.5) is 0 Å². The summed E-state index contributed by atoms with van der Waals surface area (Å²) in [5.41, 5.74) is 0. The number of carbonyl (C=O) groups is 1. The third-order valence-corrected chi connectivity index (χ3v) is 2.13. The Morgan fingerprint density at radius 2 is 2.36 bits per heavy atom. The van der Waals surface area contributed by atoms with Gasteiger partial charge in [0.05, 0.1) is 0 Å². The van der Waals surface area contributed by atoms with Gasteiger partial charge in [0.15, 0.2) is 0 Å². The fourth-order valence-electron chi connectivity index (χ4n) is 1.50. The minimum absolute atomic E-state index is 0.317. The van der Waals surface area contributed by atoms with Crippen molar-refractivity contribution in [1.82, 2.24) is 5.32 Å². The number of hydrogen-bond acceptors (Lipinski definition) is 2. The van der Waals surface area contributed by atoms with E-state index in [2.05, 4.69) is 19.2 Å². The monoisotopic (exact) mass is 155 g/mol. The van der Waals surface area contributed by atoms with Gasteiger partial charge in [0, 0.05) is 18.9 Å². The Balaban J connectivity index is 2.28. The van der Waals surface area contributed by atoms with E-state index in [0.29, 0.717) is 17.6 Å². The first kappa shape index (κ1) is 8.72. The second-order valence-corrected chi connectivity index (χ2v) is 3.75. The Morgan fingerprint density at radius 3 is 2.82 bits per heavy atom. The molecule has 0 spiro atoms. The maximum atomic E-state index is 11.4. The first-order valence-electron chi connectivity index (χ1n) is 4.43. The van der Waals surface area contributed by atoms with Gasteiger partial charge in [-0.3, -0.25) is 4.79 Å². The highest BCUT2D eigenvalue weighted by atomic mass is 16.1. The summed E-state index contributed by atoms with van der Waals surface area (Å²) in [5, 5.41) is 3.21. The van der Waals surface area contributed by atoms with E-state index >= 15 is 0 Å². The van der Waals surface area contributed by atoms with Gasteiger partial charge >= 0.3 is 0 Å². The van der Waals surface area contributed by atoms with Crippen LogP contribution in [0, 0.1) is 11.8 Å². The molecule has 0 aliphatic carbocycles. The average molecular weight is 155 g/mol. The van der Waals surface area contributed by atoms with Crippen molar-refractivity contribution in [3.8, 4) is 0 Å². The van der Waals surface area contributed by atoms with Crippen molar-refractivity contribution in [2.45, 2.75) is 26.7 Å². The summed E-state index contributed by atoms with van der Waals surface area (Å²) < 4.78 is 0. The molecular formula is C9H17NO. The topological polar surface area (TPSA) is 29.1 Å². The Labute approximate surface area is 68.4 Å². The molecule has 0 aromatic heterocycles. The maximum absolute atomic E-state index is 11.4. The molecule has 0 amide bonds. The Morgan fingerprint density at radius 1 is 1.64 bits per heavy atom. The van der Waals surface area contributed by atoms with E-state index in [9.17, 15) is 4.79 Å². The highest BCUT2D eigenvalue weighted by Crippen LogP contribution is 2.13. The number of Topliss-reactive ketones (excluding diaryl/α,β-unsaturated/α-hetero) is 1. The molecule has 1 unspecified atom stereocenters. The van der Waals surface area contributed by atoms with Gasteiger partial charge in [-0.05, 0) is 18.9 Å². The largest absolute Gasteiger partial charge is 0.316 e. The first-order chi connectivity index (χ1) is 5.20. The van der Waals surface area contributed by atoms with Crippen molar-refractivity contribution in [1.29, 1.82) is 0 Å². The van der Waals surface area contributed by atoms with Crippen LogP contribution in [0.15, 0.2) is 0 Å². The van der Waals surface area contributed by atoms with Crippen molar-refractivity contribution in [3.05, 3.63) is 0 Å². The van der Waals surface area contributed by atoms with Crippen molar-refractivity contribution >= 4 is 5.78 Å². The van der Waals surface area contributed by atoms with Crippen LogP contribution in [-0.4, -0.2) is 18.9 Å². The molecule has 64 valence electrons. The maximum Gasteiger partial charge on any atom is 0.137 e. The lowest BCUT2D eigenvalue weighted by atomic mass is 9.96. The second-order valence-electron chi connectivity index (χ2n) is 3.75. The summed E-state index contributed by atoms with van der Waals surface area (Å²) in [5.74, 6) is 1.28. The number of carbonyl (C=O) groups excluding carboxylic acids is 1. The van der Waals surface area contributed by atoms with E-state index in [1.807, 2.05) is 0 Å². The van der Waals surface area contributed by atoms with Crippen LogP contribution < -0.4 is 5.32 Å². The quantitative estimate of drug-likeness (QED) is 0.663. The molecule has 2 nitrogen and oxygen atoms in total. The van der Waals surface area contributed by atoms with E-state index in [1.165, 1.54) is 0 Å². The molecule has 2 heteroatoms. The summed E-state index contributed by atoms with van der Waals surface area (Å²) in [6, 6.07) is 0. The molecule has 1 fully saturated rings. The summed E-state index contributed by atoms with van der Waals surface area (Å²) in [4.78, 5) is 11.4. The lowest BCUT2D eigenvalue weighted by Gasteiger charge is -2.08. The van der Waals surface area contributed by atoms with Gasteiger partial charge in [0.1, 0.15) is 5.78 Å². The van der Waals surface area contributed by atoms with E-state index in [1.54, 1.807) is 0 Å². The van der Waals surface area contributed by atoms with Crippen LogP contribution in [0.25, 0.3) is 0 Å². The predicted molar refractivity (Wildman–Crippen MR) is 45.4 cm³/mol. The summed E-state index contributed by atoms with van der Waals surface area (Å²) in [6.45, 7) is 6.13. The number of nitrogens with one attached hydrogen (secondary N) is 1. The molecule has 1 aliphatic rings. The van der Waals surface area contributed by atoms with Gasteiger partial charge in [0.25, 0.3) is 0 Å². The van der Waals surface area contributed by atoms with Gasteiger partial charge in [-0.15, -0.1) is 0 Å². The lowest BCUT2D eigenvalue weighted by Crippen LogP contribution is -2.18. The molecule has 11 heavy (non-hydrogen) atoms. The third-order valence-electron chi connectivity index (χ3n) is 2.13. The van der Waals surface area contributed by atoms with Gasteiger partial charge < -0.3 is 5.32 Å². The zero-order valence-corrected chi connectivity index (χ0v) is 7.39. The van der Waals surface area contributed by atoms with Crippen LogP contribution >= 0.6 is 0 Å². The third kappa shape index (κ3) is 2.62. The van der Waals surface area contributed by atoms with Crippen molar-refractivity contribution in [2.24, 2.45) is 11.8 Å². The fraction of sp³-hybridized carbons (Fsp3) is 0.889. The van der Waals surface area contributed by atoms with Gasteiger partial charge in [0.2, 0.25) is 0 Å². The zero-order valence-electron chi connectivity index (χ0n) is 7.39. The minimum atomic E-state index is 0.317. The molecule has 1 rings (SSSR count). The molecule has 1 atom stereocenters. The lowest BCUT2D eigenvalue weighted by molar-refractivity contribution is -0.123. The van der Waals surface area contributed by atoms with Crippen LogP contribution in [0.1, 0.15) is 26.7 Å². The van der Waals surface area contributed by atoms with E-state index in [0.717, 1.165) is 25.9 Å². The standard InChI is InChI=1S/C9H17NO/c1-7(2)5-9(11)8-3-4-10-6-8/h7-8,10H,3-6H2,1-2H3. The highest BCUT2D eigenvalue weighted by Gasteiger charge is 2.22. The van der Waals surface area contributed by atoms with E-state index in [-0.39, 0.29) is 0 Å². The van der Waals surface area contributed by atoms with Gasteiger partial charge in [-0.1, -0.05) is 13.8 Å². The molecule has 1 aliphatic heterocycles. The molecule has 1 N–H and O–H groups in total. The molecule has 0 aromatic carbocycles. The van der Waals surface area contributed by atoms with E-state index < -0.39 is 0 Å². The summed E-state index contributed by atoms with van der Waals surface area (Å²) in [6.07, 6.45) is 1.80. The molecule has 0 saturated carbocycles. The van der Waals surface area contributed by atoms with Crippen LogP contribution in [-0.2, 0) is 4.79 Å². The zero-order chi connectivity index (χ0) is 8.27. The number of ketones is 1. The highest BCUT2D eigenvalue weighted by molar-refractivity contribution is 5.81. The molecular weight excluding hydrogens is 138 g/mol. The van der Waals surface area contributed by atoms with Crippen molar-refractivity contribution < 1.29 is 4.79 Å². The first-order valence-corrected chi connectivity index (χ1v) is 4.43.